The lowest BCUT2D eigenvalue weighted by atomic mass is 10.1. The number of aromatic nitrogens is 3. The van der Waals surface area contributed by atoms with Crippen molar-refractivity contribution in [2.75, 3.05) is 7.05 Å². The van der Waals surface area contributed by atoms with Crippen LogP contribution in [-0.4, -0.2) is 22.2 Å². The van der Waals surface area contributed by atoms with Crippen molar-refractivity contribution in [3.05, 3.63) is 46.0 Å². The van der Waals surface area contributed by atoms with Crippen LogP contribution in [0.15, 0.2) is 24.5 Å². The van der Waals surface area contributed by atoms with Crippen molar-refractivity contribution in [1.29, 1.82) is 0 Å². The topological polar surface area (TPSA) is 53.6 Å². The Hall–Kier alpha value is -1.10. The molecule has 0 amide bonds. The third-order valence-corrected chi connectivity index (χ3v) is 3.28. The van der Waals surface area contributed by atoms with Crippen LogP contribution in [0.2, 0.25) is 10.0 Å². The molecule has 2 aromatic rings. The smallest absolute Gasteiger partial charge is 0.141 e. The van der Waals surface area contributed by atoms with Crippen LogP contribution in [0.1, 0.15) is 17.4 Å². The van der Waals surface area contributed by atoms with Gasteiger partial charge in [-0.3, -0.25) is 5.10 Å². The summed E-state index contributed by atoms with van der Waals surface area (Å²) in [7, 11) is 1.88. The van der Waals surface area contributed by atoms with Crippen molar-refractivity contribution in [3.8, 4) is 0 Å². The summed E-state index contributed by atoms with van der Waals surface area (Å²) in [5.41, 5.74) is 1.09. The minimum Gasteiger partial charge on any atom is -0.310 e. The molecule has 1 atom stereocenters. The third-order valence-electron chi connectivity index (χ3n) is 2.54. The molecule has 0 bridgehead atoms. The Balaban J connectivity index is 2.16. The molecule has 0 aliphatic carbocycles. The first-order valence-corrected chi connectivity index (χ1v) is 5.92. The van der Waals surface area contributed by atoms with E-state index >= 15 is 0 Å². The average molecular weight is 271 g/mol. The van der Waals surface area contributed by atoms with Gasteiger partial charge in [0.1, 0.15) is 12.2 Å². The number of hydrogen-bond acceptors (Lipinski definition) is 3. The summed E-state index contributed by atoms with van der Waals surface area (Å²) < 4.78 is 0. The van der Waals surface area contributed by atoms with E-state index in [0.717, 1.165) is 17.8 Å². The highest BCUT2D eigenvalue weighted by Crippen LogP contribution is 2.24. The Bertz CT molecular complexity index is 484. The van der Waals surface area contributed by atoms with Gasteiger partial charge in [0.25, 0.3) is 0 Å². The van der Waals surface area contributed by atoms with Gasteiger partial charge in [-0.15, -0.1) is 0 Å². The number of nitrogens with zero attached hydrogens (tertiary/aromatic N) is 2. The first-order valence-electron chi connectivity index (χ1n) is 5.17. The van der Waals surface area contributed by atoms with E-state index in [1.165, 1.54) is 6.33 Å². The number of rotatable bonds is 4. The predicted octanol–water partition coefficient (Wildman–Crippen LogP) is 2.61. The zero-order chi connectivity index (χ0) is 12.3. The van der Waals surface area contributed by atoms with Gasteiger partial charge in [0.2, 0.25) is 0 Å². The van der Waals surface area contributed by atoms with Gasteiger partial charge in [-0.05, 0) is 31.2 Å². The molecule has 1 aromatic heterocycles. The predicted molar refractivity (Wildman–Crippen MR) is 68.3 cm³/mol. The van der Waals surface area contributed by atoms with Crippen molar-refractivity contribution in [3.63, 3.8) is 0 Å². The van der Waals surface area contributed by atoms with Gasteiger partial charge in [-0.25, -0.2) is 4.98 Å². The highest BCUT2D eigenvalue weighted by Gasteiger charge is 2.13. The normalized spacial score (nSPS) is 12.6. The van der Waals surface area contributed by atoms with E-state index in [1.54, 1.807) is 6.07 Å². The lowest BCUT2D eigenvalue weighted by Gasteiger charge is -2.13. The van der Waals surface area contributed by atoms with E-state index < -0.39 is 0 Å². The molecule has 90 valence electrons. The number of aromatic amines is 1. The first kappa shape index (κ1) is 12.4. The Morgan fingerprint density at radius 1 is 1.35 bits per heavy atom. The molecule has 4 nitrogen and oxygen atoms in total. The average Bonchev–Trinajstić information content (AvgIpc) is 2.84. The van der Waals surface area contributed by atoms with Crippen molar-refractivity contribution < 1.29 is 0 Å². The van der Waals surface area contributed by atoms with Crippen LogP contribution in [0.5, 0.6) is 0 Å². The quantitative estimate of drug-likeness (QED) is 0.898. The number of nitrogens with one attached hydrogen (secondary N) is 2. The van der Waals surface area contributed by atoms with Crippen molar-refractivity contribution in [2.45, 2.75) is 12.5 Å². The molecule has 1 heterocycles. The molecule has 1 aromatic carbocycles. The summed E-state index contributed by atoms with van der Waals surface area (Å²) in [6.07, 6.45) is 2.26. The van der Waals surface area contributed by atoms with E-state index in [4.69, 9.17) is 23.2 Å². The Labute approximate surface area is 109 Å². The fourth-order valence-corrected chi connectivity index (χ4v) is 1.94. The highest BCUT2D eigenvalue weighted by atomic mass is 35.5. The molecule has 0 saturated heterocycles. The molecule has 2 N–H and O–H groups in total. The van der Waals surface area contributed by atoms with Crippen LogP contribution >= 0.6 is 23.2 Å². The second-order valence-corrected chi connectivity index (χ2v) is 4.48. The van der Waals surface area contributed by atoms with Gasteiger partial charge in [-0.1, -0.05) is 29.3 Å². The molecule has 0 aliphatic heterocycles. The molecule has 0 saturated carbocycles. The van der Waals surface area contributed by atoms with Crippen LogP contribution in [0.3, 0.4) is 0 Å². The Morgan fingerprint density at radius 2 is 2.18 bits per heavy atom. The number of H-pyrrole nitrogens is 1. The molecule has 17 heavy (non-hydrogen) atoms. The van der Waals surface area contributed by atoms with Gasteiger partial charge < -0.3 is 5.32 Å². The van der Waals surface area contributed by atoms with Crippen LogP contribution in [0.25, 0.3) is 0 Å². The summed E-state index contributed by atoms with van der Waals surface area (Å²) in [6, 6.07) is 5.70. The number of hydrogen-bond donors (Lipinski definition) is 2. The Morgan fingerprint density at radius 3 is 2.76 bits per heavy atom. The summed E-state index contributed by atoms with van der Waals surface area (Å²) in [5.74, 6) is 0.804. The summed E-state index contributed by atoms with van der Waals surface area (Å²) in [6.45, 7) is 0. The molecule has 2 rings (SSSR count). The van der Waals surface area contributed by atoms with E-state index in [2.05, 4.69) is 20.5 Å². The van der Waals surface area contributed by atoms with E-state index in [9.17, 15) is 0 Å². The van der Waals surface area contributed by atoms with Crippen molar-refractivity contribution in [1.82, 2.24) is 20.5 Å². The van der Waals surface area contributed by atoms with Crippen LogP contribution in [0, 0.1) is 0 Å². The van der Waals surface area contributed by atoms with Crippen molar-refractivity contribution in [2.24, 2.45) is 0 Å². The van der Waals surface area contributed by atoms with Gasteiger partial charge >= 0.3 is 0 Å². The van der Waals surface area contributed by atoms with E-state index in [0.29, 0.717) is 10.0 Å². The van der Waals surface area contributed by atoms with Crippen LogP contribution in [0.4, 0.5) is 0 Å². The second-order valence-electron chi connectivity index (χ2n) is 3.66. The summed E-state index contributed by atoms with van der Waals surface area (Å²) in [4.78, 5) is 4.14. The first-order chi connectivity index (χ1) is 8.20. The molecule has 6 heteroatoms. The van der Waals surface area contributed by atoms with Crippen LogP contribution in [-0.2, 0) is 6.42 Å². The molecule has 0 aliphatic rings. The maximum Gasteiger partial charge on any atom is 0.141 e. The SMILES string of the molecule is CNC(Cc1ccc(Cl)c(Cl)c1)c1ncn[nH]1. The lowest BCUT2D eigenvalue weighted by molar-refractivity contribution is 0.560. The van der Waals surface area contributed by atoms with E-state index in [1.807, 2.05) is 19.2 Å². The number of halogens is 2. The molecule has 1 unspecified atom stereocenters. The monoisotopic (exact) mass is 270 g/mol. The minimum atomic E-state index is 0.0785. The molecule has 0 radical (unpaired) electrons. The fraction of sp³-hybridized carbons (Fsp3) is 0.273. The van der Waals surface area contributed by atoms with Crippen LogP contribution < -0.4 is 5.32 Å². The molecular weight excluding hydrogens is 259 g/mol. The van der Waals surface area contributed by atoms with E-state index in [-0.39, 0.29) is 6.04 Å². The second kappa shape index (κ2) is 5.49. The van der Waals surface area contributed by atoms with Gasteiger partial charge in [0, 0.05) is 0 Å². The summed E-state index contributed by atoms with van der Waals surface area (Å²) in [5, 5.41) is 11.0. The largest absolute Gasteiger partial charge is 0.310 e. The maximum absolute atomic E-state index is 5.98. The van der Waals surface area contributed by atoms with Gasteiger partial charge in [0.05, 0.1) is 16.1 Å². The standard InChI is InChI=1S/C11H12Cl2N4/c1-14-10(11-15-6-16-17-11)5-7-2-3-8(12)9(13)4-7/h2-4,6,10,14H,5H2,1H3,(H,15,16,17). The minimum absolute atomic E-state index is 0.0785. The Kier molecular flexibility index (Phi) is 3.99. The van der Waals surface area contributed by atoms with Crippen molar-refractivity contribution >= 4 is 23.2 Å². The summed E-state index contributed by atoms with van der Waals surface area (Å²) >= 11 is 11.9. The highest BCUT2D eigenvalue weighted by molar-refractivity contribution is 6.42. The maximum atomic E-state index is 5.98. The molecule has 0 spiro atoms. The zero-order valence-corrected chi connectivity index (χ0v) is 10.8. The lowest BCUT2D eigenvalue weighted by Crippen LogP contribution is -2.20. The molecule has 0 fully saturated rings. The number of likely N-dealkylation sites (N-methyl/N-ethyl adjacent to an activating group) is 1. The van der Waals surface area contributed by atoms with Gasteiger partial charge in [-0.2, -0.15) is 5.10 Å². The molecular formula is C11H12Cl2N4. The number of benzene rings is 1. The third kappa shape index (κ3) is 2.97. The fourth-order valence-electron chi connectivity index (χ4n) is 1.62. The van der Waals surface area contributed by atoms with Gasteiger partial charge in [0.15, 0.2) is 0 Å². The zero-order valence-electron chi connectivity index (χ0n) is 9.24.